The Morgan fingerprint density at radius 1 is 1.23 bits per heavy atom. The largest absolute Gasteiger partial charge is 0.492 e. The van der Waals surface area contributed by atoms with Gasteiger partial charge in [0.1, 0.15) is 11.8 Å². The number of non-ortho nitro benzene ring substituents is 1. The lowest BCUT2D eigenvalue weighted by Crippen LogP contribution is -2.31. The van der Waals surface area contributed by atoms with Crippen LogP contribution in [0.4, 0.5) is 17.3 Å². The number of aromatic nitrogens is 3. The van der Waals surface area contributed by atoms with Crippen molar-refractivity contribution < 1.29 is 14.5 Å². The Morgan fingerprint density at radius 2 is 1.97 bits per heavy atom. The van der Waals surface area contributed by atoms with E-state index < -0.39 is 11.0 Å². The van der Waals surface area contributed by atoms with Gasteiger partial charge in [0, 0.05) is 23.6 Å². The maximum Gasteiger partial charge on any atom is 0.269 e. The minimum absolute atomic E-state index is 0.0296. The lowest BCUT2D eigenvalue weighted by Gasteiger charge is -2.28. The molecule has 4 rings (SSSR count). The van der Waals surface area contributed by atoms with E-state index in [1.54, 1.807) is 35.9 Å². The van der Waals surface area contributed by atoms with Gasteiger partial charge in [-0.2, -0.15) is 4.98 Å². The third-order valence-corrected chi connectivity index (χ3v) is 6.41. The van der Waals surface area contributed by atoms with E-state index >= 15 is 0 Å². The summed E-state index contributed by atoms with van der Waals surface area (Å²) < 4.78 is 7.32. The molecule has 2 heterocycles. The van der Waals surface area contributed by atoms with Gasteiger partial charge in [-0.15, -0.1) is 5.10 Å². The van der Waals surface area contributed by atoms with Crippen LogP contribution < -0.4 is 15.4 Å². The van der Waals surface area contributed by atoms with Crippen LogP contribution in [0.5, 0.6) is 5.75 Å². The van der Waals surface area contributed by atoms with Crippen molar-refractivity contribution in [2.45, 2.75) is 38.4 Å². The zero-order chi connectivity index (χ0) is 24.9. The predicted octanol–water partition coefficient (Wildman–Crippen LogP) is 5.01. The average molecular weight is 495 g/mol. The molecule has 3 aromatic rings. The van der Waals surface area contributed by atoms with Crippen molar-refractivity contribution in [2.75, 3.05) is 23.0 Å². The van der Waals surface area contributed by atoms with Crippen molar-refractivity contribution in [2.24, 2.45) is 0 Å². The van der Waals surface area contributed by atoms with Crippen LogP contribution in [0.2, 0.25) is 0 Å². The number of benzene rings is 2. The minimum Gasteiger partial charge on any atom is -0.492 e. The van der Waals surface area contributed by atoms with E-state index in [1.165, 1.54) is 23.9 Å². The molecule has 1 amide bonds. The number of ether oxygens (including phenoxy) is 1. The van der Waals surface area contributed by atoms with Gasteiger partial charge in [0.05, 0.1) is 22.8 Å². The number of nitrogens with one attached hydrogen (secondary N) is 2. The van der Waals surface area contributed by atoms with Crippen LogP contribution in [0.25, 0.3) is 0 Å². The molecule has 10 nitrogen and oxygen atoms in total. The Balaban J connectivity index is 1.75. The highest BCUT2D eigenvalue weighted by Gasteiger charge is 2.35. The summed E-state index contributed by atoms with van der Waals surface area (Å²) in [6.07, 6.45) is 0.970. The van der Waals surface area contributed by atoms with Gasteiger partial charge in [0.15, 0.2) is 0 Å². The number of hydrogen-bond donors (Lipinski definition) is 2. The molecule has 1 aromatic heterocycles. The lowest BCUT2D eigenvalue weighted by atomic mass is 9.95. The first-order valence-corrected chi connectivity index (χ1v) is 12.3. The number of anilines is 2. The van der Waals surface area contributed by atoms with Gasteiger partial charge in [0.2, 0.25) is 11.1 Å². The maximum atomic E-state index is 13.6. The lowest BCUT2D eigenvalue weighted by molar-refractivity contribution is -0.384. The molecule has 182 valence electrons. The zero-order valence-electron chi connectivity index (χ0n) is 19.6. The van der Waals surface area contributed by atoms with Crippen LogP contribution in [0, 0.1) is 10.1 Å². The van der Waals surface area contributed by atoms with Gasteiger partial charge in [-0.3, -0.25) is 14.9 Å². The summed E-state index contributed by atoms with van der Waals surface area (Å²) in [5.74, 6) is 1.60. The van der Waals surface area contributed by atoms with E-state index in [0.717, 1.165) is 12.2 Å². The van der Waals surface area contributed by atoms with Crippen molar-refractivity contribution >= 4 is 35.0 Å². The summed E-state index contributed by atoms with van der Waals surface area (Å²) in [6, 6.07) is 12.7. The molecule has 0 bridgehead atoms. The summed E-state index contributed by atoms with van der Waals surface area (Å²) >= 11 is 1.53. The van der Waals surface area contributed by atoms with E-state index in [1.807, 2.05) is 19.1 Å². The molecule has 0 saturated heterocycles. The van der Waals surface area contributed by atoms with Gasteiger partial charge in [0.25, 0.3) is 11.6 Å². The number of rotatable bonds is 9. The number of nitrogens with zero attached hydrogens (tertiary/aromatic N) is 4. The maximum absolute atomic E-state index is 13.6. The molecule has 0 radical (unpaired) electrons. The second-order valence-corrected chi connectivity index (χ2v) is 8.87. The number of hydrogen-bond acceptors (Lipinski definition) is 8. The molecule has 11 heteroatoms. The number of carbonyl (C=O) groups excluding carboxylic acids is 1. The van der Waals surface area contributed by atoms with Crippen LogP contribution in [0.3, 0.4) is 0 Å². The van der Waals surface area contributed by atoms with Crippen LogP contribution >= 0.6 is 11.8 Å². The number of para-hydroxylation sites is 2. The van der Waals surface area contributed by atoms with E-state index in [-0.39, 0.29) is 11.6 Å². The fourth-order valence-electron chi connectivity index (χ4n) is 3.81. The summed E-state index contributed by atoms with van der Waals surface area (Å²) in [7, 11) is 0. The Kier molecular flexibility index (Phi) is 7.35. The first kappa shape index (κ1) is 24.3. The number of allylic oxidation sites excluding steroid dienone is 1. The van der Waals surface area contributed by atoms with E-state index in [4.69, 9.17) is 4.74 Å². The molecule has 35 heavy (non-hydrogen) atoms. The number of nitro groups is 1. The van der Waals surface area contributed by atoms with Gasteiger partial charge in [-0.25, -0.2) is 4.68 Å². The second kappa shape index (κ2) is 10.6. The molecule has 1 atom stereocenters. The van der Waals surface area contributed by atoms with Crippen molar-refractivity contribution in [3.8, 4) is 5.75 Å². The average Bonchev–Trinajstić information content (AvgIpc) is 3.25. The first-order valence-electron chi connectivity index (χ1n) is 11.3. The standard InChI is InChI=1S/C24H26N6O4S/c1-4-14-35-24-27-23-25-15(3)20(22(31)26-18-8-6-7-9-19(18)34-5-2)21(29(23)28-24)16-10-12-17(13-11-16)30(32)33/h6-13,21H,4-5,14H2,1-3H3,(H,26,31)(H,25,27,28). The summed E-state index contributed by atoms with van der Waals surface area (Å²) in [4.78, 5) is 29.0. The molecule has 1 aliphatic rings. The third kappa shape index (κ3) is 5.14. The van der Waals surface area contributed by atoms with Crippen molar-refractivity contribution in [3.05, 3.63) is 75.5 Å². The quantitative estimate of drug-likeness (QED) is 0.242. The minimum atomic E-state index is -0.630. The third-order valence-electron chi connectivity index (χ3n) is 5.37. The Bertz CT molecular complexity index is 1270. The van der Waals surface area contributed by atoms with E-state index in [2.05, 4.69) is 27.6 Å². The molecular formula is C24H26N6O4S. The highest BCUT2D eigenvalue weighted by molar-refractivity contribution is 7.99. The van der Waals surface area contributed by atoms with E-state index in [0.29, 0.717) is 46.0 Å². The van der Waals surface area contributed by atoms with Gasteiger partial charge in [-0.1, -0.05) is 30.8 Å². The molecule has 0 saturated carbocycles. The molecule has 0 spiro atoms. The Morgan fingerprint density at radius 3 is 2.66 bits per heavy atom. The smallest absolute Gasteiger partial charge is 0.269 e. The monoisotopic (exact) mass is 494 g/mol. The second-order valence-electron chi connectivity index (χ2n) is 7.81. The van der Waals surface area contributed by atoms with Gasteiger partial charge < -0.3 is 15.4 Å². The van der Waals surface area contributed by atoms with Crippen LogP contribution in [-0.2, 0) is 4.79 Å². The topological polar surface area (TPSA) is 124 Å². The SMILES string of the molecule is CCCSc1nc2n(n1)C(c1ccc([N+](=O)[O-])cc1)C(C(=O)Nc1ccccc1OCC)=C(C)N2. The normalized spacial score (nSPS) is 14.8. The summed E-state index contributed by atoms with van der Waals surface area (Å²) in [5, 5.41) is 22.6. The number of amides is 1. The van der Waals surface area contributed by atoms with Crippen molar-refractivity contribution in [1.29, 1.82) is 0 Å². The summed E-state index contributed by atoms with van der Waals surface area (Å²) in [5.41, 5.74) is 2.24. The van der Waals surface area contributed by atoms with E-state index in [9.17, 15) is 14.9 Å². The molecule has 2 aromatic carbocycles. The zero-order valence-corrected chi connectivity index (χ0v) is 20.5. The van der Waals surface area contributed by atoms with Gasteiger partial charge >= 0.3 is 0 Å². The molecule has 0 aliphatic carbocycles. The Hall–Kier alpha value is -3.86. The number of fused-ring (bicyclic) bond motifs is 1. The fourth-order valence-corrected chi connectivity index (χ4v) is 4.49. The van der Waals surface area contributed by atoms with Crippen LogP contribution in [0.1, 0.15) is 38.8 Å². The van der Waals surface area contributed by atoms with Crippen LogP contribution in [-0.4, -0.2) is 38.0 Å². The van der Waals surface area contributed by atoms with Gasteiger partial charge in [-0.05, 0) is 50.1 Å². The molecule has 0 fully saturated rings. The predicted molar refractivity (Wildman–Crippen MR) is 135 cm³/mol. The van der Waals surface area contributed by atoms with Crippen molar-refractivity contribution in [1.82, 2.24) is 14.8 Å². The highest BCUT2D eigenvalue weighted by Crippen LogP contribution is 2.37. The number of thioether (sulfide) groups is 1. The first-order chi connectivity index (χ1) is 16.9. The fraction of sp³-hybridized carbons (Fsp3) is 0.292. The molecule has 1 unspecified atom stereocenters. The van der Waals surface area contributed by atoms with Crippen molar-refractivity contribution in [3.63, 3.8) is 0 Å². The molecular weight excluding hydrogens is 468 g/mol. The molecule has 2 N–H and O–H groups in total. The molecule has 1 aliphatic heterocycles. The summed E-state index contributed by atoms with van der Waals surface area (Å²) in [6.45, 7) is 6.22. The number of carbonyl (C=O) groups is 1. The Labute approximate surface area is 206 Å². The highest BCUT2D eigenvalue weighted by atomic mass is 32.2. The van der Waals surface area contributed by atoms with Crippen LogP contribution in [0.15, 0.2) is 65.0 Å². The number of nitro benzene ring substituents is 1.